The Morgan fingerprint density at radius 2 is 2.12 bits per heavy atom. The fourth-order valence-corrected chi connectivity index (χ4v) is 1.11. The minimum absolute atomic E-state index is 0.0406. The number of nitrogens with zero attached hydrogens (tertiary/aromatic N) is 1. The van der Waals surface area contributed by atoms with Crippen LogP contribution in [0.3, 0.4) is 0 Å². The summed E-state index contributed by atoms with van der Waals surface area (Å²) in [5, 5.41) is 10.4. The molecule has 0 unspecified atom stereocenters. The molecule has 7 heteroatoms. The van der Waals surface area contributed by atoms with E-state index >= 15 is 0 Å². The lowest BCUT2D eigenvalue weighted by Gasteiger charge is -2.02. The summed E-state index contributed by atoms with van der Waals surface area (Å²) in [6.07, 6.45) is 0. The Balaban J connectivity index is 3.12. The quantitative estimate of drug-likeness (QED) is 0.262. The van der Waals surface area contributed by atoms with Crippen molar-refractivity contribution in [1.29, 1.82) is 0 Å². The highest BCUT2D eigenvalue weighted by molar-refractivity contribution is 6.40. The minimum Gasteiger partial charge on any atom is -0.460 e. The molecule has 0 aliphatic heterocycles. The van der Waals surface area contributed by atoms with Gasteiger partial charge in [-0.05, 0) is 13.0 Å². The molecule has 17 heavy (non-hydrogen) atoms. The molecule has 0 saturated heterocycles. The molecule has 0 aliphatic rings. The van der Waals surface area contributed by atoms with Gasteiger partial charge in [0.05, 0.1) is 17.1 Å². The number of carbonyl (C=O) groups excluding carboxylic acids is 2. The molecule has 1 aromatic carbocycles. The van der Waals surface area contributed by atoms with Crippen LogP contribution < -0.4 is 0 Å². The number of ether oxygens (including phenoxy) is 1. The number of non-ortho nitro benzene ring substituents is 1. The number of benzene rings is 1. The Morgan fingerprint density at radius 3 is 2.65 bits per heavy atom. The van der Waals surface area contributed by atoms with Crippen LogP contribution in [0.4, 0.5) is 10.1 Å². The van der Waals surface area contributed by atoms with Gasteiger partial charge in [0.2, 0.25) is 0 Å². The van der Waals surface area contributed by atoms with Gasteiger partial charge >= 0.3 is 5.97 Å². The molecular weight excluding hydrogens is 233 g/mol. The first-order valence-electron chi connectivity index (χ1n) is 4.62. The van der Waals surface area contributed by atoms with Gasteiger partial charge in [-0.1, -0.05) is 0 Å². The smallest absolute Gasteiger partial charge is 0.379 e. The molecule has 0 spiro atoms. The summed E-state index contributed by atoms with van der Waals surface area (Å²) in [6.45, 7) is 1.44. The second kappa shape index (κ2) is 5.15. The van der Waals surface area contributed by atoms with Crippen molar-refractivity contribution in [3.8, 4) is 0 Å². The Bertz CT molecular complexity index is 486. The predicted molar refractivity (Wildman–Crippen MR) is 54.0 cm³/mol. The third-order valence-corrected chi connectivity index (χ3v) is 1.87. The molecule has 0 fully saturated rings. The molecule has 0 bridgehead atoms. The van der Waals surface area contributed by atoms with Crippen molar-refractivity contribution in [3.05, 3.63) is 39.7 Å². The zero-order valence-electron chi connectivity index (χ0n) is 8.81. The molecule has 0 atom stereocenters. The van der Waals surface area contributed by atoms with E-state index in [-0.39, 0.29) is 6.61 Å². The Morgan fingerprint density at radius 1 is 1.47 bits per heavy atom. The van der Waals surface area contributed by atoms with Crippen molar-refractivity contribution in [2.75, 3.05) is 6.61 Å². The molecule has 0 aliphatic carbocycles. The number of hydrogen-bond acceptors (Lipinski definition) is 5. The average Bonchev–Trinajstić information content (AvgIpc) is 2.28. The first-order valence-corrected chi connectivity index (χ1v) is 4.62. The molecule has 0 heterocycles. The van der Waals surface area contributed by atoms with E-state index in [9.17, 15) is 24.1 Å². The van der Waals surface area contributed by atoms with Crippen molar-refractivity contribution in [1.82, 2.24) is 0 Å². The summed E-state index contributed by atoms with van der Waals surface area (Å²) >= 11 is 0. The number of halogens is 1. The molecule has 90 valence electrons. The van der Waals surface area contributed by atoms with Crippen molar-refractivity contribution in [3.63, 3.8) is 0 Å². The highest BCUT2D eigenvalue weighted by atomic mass is 19.1. The van der Waals surface area contributed by atoms with Crippen molar-refractivity contribution in [2.45, 2.75) is 6.92 Å². The zero-order chi connectivity index (χ0) is 13.0. The van der Waals surface area contributed by atoms with Crippen LogP contribution in [-0.4, -0.2) is 23.3 Å². The number of nitro groups is 1. The number of rotatable bonds is 4. The number of esters is 1. The van der Waals surface area contributed by atoms with E-state index in [0.29, 0.717) is 6.07 Å². The topological polar surface area (TPSA) is 86.5 Å². The van der Waals surface area contributed by atoms with Gasteiger partial charge in [-0.25, -0.2) is 9.18 Å². The van der Waals surface area contributed by atoms with Gasteiger partial charge in [0, 0.05) is 12.1 Å². The number of Topliss-reactive ketones (excluding diaryl/α,β-unsaturated/α-hetero) is 1. The van der Waals surface area contributed by atoms with Crippen LogP contribution >= 0.6 is 0 Å². The molecule has 0 N–H and O–H groups in total. The summed E-state index contributed by atoms with van der Waals surface area (Å²) in [6, 6.07) is 2.36. The van der Waals surface area contributed by atoms with Gasteiger partial charge in [-0.3, -0.25) is 14.9 Å². The van der Waals surface area contributed by atoms with Gasteiger partial charge < -0.3 is 4.74 Å². The van der Waals surface area contributed by atoms with Crippen LogP contribution in [0.2, 0.25) is 0 Å². The lowest BCUT2D eigenvalue weighted by atomic mass is 10.1. The number of ketones is 1. The minimum atomic E-state index is -1.24. The lowest BCUT2D eigenvalue weighted by molar-refractivity contribution is -0.384. The van der Waals surface area contributed by atoms with E-state index in [1.165, 1.54) is 6.92 Å². The Labute approximate surface area is 95.1 Å². The Hall–Kier alpha value is -2.31. The molecule has 0 amide bonds. The van der Waals surface area contributed by atoms with Crippen LogP contribution in [0.5, 0.6) is 0 Å². The molecule has 6 nitrogen and oxygen atoms in total. The maximum atomic E-state index is 13.2. The molecule has 1 rings (SSSR count). The fourth-order valence-electron chi connectivity index (χ4n) is 1.11. The summed E-state index contributed by atoms with van der Waals surface area (Å²) in [7, 11) is 0. The molecule has 0 aromatic heterocycles. The van der Waals surface area contributed by atoms with E-state index in [2.05, 4.69) is 4.74 Å². The highest BCUT2D eigenvalue weighted by Crippen LogP contribution is 2.17. The van der Waals surface area contributed by atoms with Gasteiger partial charge in [0.1, 0.15) is 5.82 Å². The van der Waals surface area contributed by atoms with Crippen LogP contribution in [0.1, 0.15) is 17.3 Å². The monoisotopic (exact) mass is 241 g/mol. The first kappa shape index (κ1) is 12.8. The largest absolute Gasteiger partial charge is 0.460 e. The van der Waals surface area contributed by atoms with Crippen molar-refractivity contribution < 1.29 is 23.6 Å². The van der Waals surface area contributed by atoms with E-state index in [1.807, 2.05) is 0 Å². The van der Waals surface area contributed by atoms with Gasteiger partial charge in [0.15, 0.2) is 0 Å². The number of carbonyl (C=O) groups is 2. The SMILES string of the molecule is CCOC(=O)C(=O)c1cc([N+](=O)[O-])ccc1F. The van der Waals surface area contributed by atoms with Crippen LogP contribution in [0, 0.1) is 15.9 Å². The zero-order valence-corrected chi connectivity index (χ0v) is 8.81. The maximum Gasteiger partial charge on any atom is 0.379 e. The molecular formula is C10H8FNO5. The predicted octanol–water partition coefficient (Wildman–Crippen LogP) is 1.48. The third-order valence-electron chi connectivity index (χ3n) is 1.87. The van der Waals surface area contributed by atoms with E-state index in [0.717, 1.165) is 12.1 Å². The summed E-state index contributed by atoms with van der Waals surface area (Å²) in [5.74, 6) is -3.49. The van der Waals surface area contributed by atoms with Crippen LogP contribution in [-0.2, 0) is 9.53 Å². The summed E-state index contributed by atoms with van der Waals surface area (Å²) < 4.78 is 17.6. The average molecular weight is 241 g/mol. The Kier molecular flexibility index (Phi) is 3.86. The van der Waals surface area contributed by atoms with E-state index in [4.69, 9.17) is 0 Å². The van der Waals surface area contributed by atoms with Gasteiger partial charge in [-0.15, -0.1) is 0 Å². The van der Waals surface area contributed by atoms with Crippen LogP contribution in [0.25, 0.3) is 0 Å². The first-order chi connectivity index (χ1) is 7.97. The molecule has 0 radical (unpaired) electrons. The van der Waals surface area contributed by atoms with Crippen molar-refractivity contribution >= 4 is 17.4 Å². The molecule has 0 saturated carbocycles. The van der Waals surface area contributed by atoms with E-state index < -0.39 is 33.7 Å². The lowest BCUT2D eigenvalue weighted by Crippen LogP contribution is -2.18. The van der Waals surface area contributed by atoms with Crippen LogP contribution in [0.15, 0.2) is 18.2 Å². The van der Waals surface area contributed by atoms with Gasteiger partial charge in [-0.2, -0.15) is 0 Å². The third kappa shape index (κ3) is 2.83. The normalized spacial score (nSPS) is 9.76. The second-order valence-corrected chi connectivity index (χ2v) is 2.97. The number of hydrogen-bond donors (Lipinski definition) is 0. The standard InChI is InChI=1S/C10H8FNO5/c1-2-17-10(14)9(13)7-5-6(12(15)16)3-4-8(7)11/h3-5H,2H2,1H3. The highest BCUT2D eigenvalue weighted by Gasteiger charge is 2.23. The summed E-state index contributed by atoms with van der Waals surface area (Å²) in [5.41, 5.74) is -1.14. The van der Waals surface area contributed by atoms with Gasteiger partial charge in [0.25, 0.3) is 11.5 Å². The molecule has 1 aromatic rings. The maximum absolute atomic E-state index is 13.2. The second-order valence-electron chi connectivity index (χ2n) is 2.97. The summed E-state index contributed by atoms with van der Waals surface area (Å²) in [4.78, 5) is 32.1. The van der Waals surface area contributed by atoms with Crippen molar-refractivity contribution in [2.24, 2.45) is 0 Å². The van der Waals surface area contributed by atoms with E-state index in [1.54, 1.807) is 0 Å². The number of nitro benzene ring substituents is 1. The fraction of sp³-hybridized carbons (Fsp3) is 0.200.